The Morgan fingerprint density at radius 1 is 1.44 bits per heavy atom. The molecule has 0 spiro atoms. The minimum Gasteiger partial charge on any atom is -0.380 e. The number of carbonyl (C=O) groups is 1. The van der Waals surface area contributed by atoms with Crippen LogP contribution in [-0.4, -0.2) is 19.1 Å². The van der Waals surface area contributed by atoms with Crippen molar-refractivity contribution in [3.63, 3.8) is 0 Å². The van der Waals surface area contributed by atoms with Gasteiger partial charge < -0.3 is 15.8 Å². The molecule has 18 heavy (non-hydrogen) atoms. The monoisotopic (exact) mass is 272 g/mol. The van der Waals surface area contributed by atoms with Crippen LogP contribution in [0.2, 0.25) is 0 Å². The van der Waals surface area contributed by atoms with Crippen LogP contribution in [0.5, 0.6) is 0 Å². The first-order chi connectivity index (χ1) is 8.17. The van der Waals surface area contributed by atoms with E-state index in [-0.39, 0.29) is 18.3 Å². The van der Waals surface area contributed by atoms with Gasteiger partial charge in [0.1, 0.15) is 0 Å². The first-order valence-corrected chi connectivity index (χ1v) is 5.77. The van der Waals surface area contributed by atoms with Crippen LogP contribution >= 0.6 is 12.4 Å². The number of amides is 1. The summed E-state index contributed by atoms with van der Waals surface area (Å²) in [5.41, 5.74) is 7.77. The van der Waals surface area contributed by atoms with Gasteiger partial charge >= 0.3 is 0 Å². The average molecular weight is 273 g/mol. The van der Waals surface area contributed by atoms with Crippen molar-refractivity contribution >= 4 is 18.3 Å². The van der Waals surface area contributed by atoms with E-state index in [1.807, 2.05) is 31.2 Å². The maximum atomic E-state index is 11.5. The molecule has 3 N–H and O–H groups in total. The SMILES string of the molecule is CC[C@H](N)C(=O)NCc1cccc(COC)c1.Cl. The number of hydrogen-bond donors (Lipinski definition) is 2. The summed E-state index contributed by atoms with van der Waals surface area (Å²) in [5, 5.41) is 2.81. The zero-order valence-corrected chi connectivity index (χ0v) is 11.6. The number of methoxy groups -OCH3 is 1. The Bertz CT molecular complexity index is 372. The van der Waals surface area contributed by atoms with Gasteiger partial charge in [0.05, 0.1) is 12.6 Å². The molecule has 102 valence electrons. The second-order valence-corrected chi connectivity index (χ2v) is 3.99. The van der Waals surface area contributed by atoms with Crippen LogP contribution in [0, 0.1) is 0 Å². The molecule has 4 nitrogen and oxygen atoms in total. The highest BCUT2D eigenvalue weighted by Crippen LogP contribution is 2.06. The lowest BCUT2D eigenvalue weighted by atomic mass is 10.1. The normalized spacial score (nSPS) is 11.5. The second kappa shape index (κ2) is 8.91. The third kappa shape index (κ3) is 5.49. The molecular weight excluding hydrogens is 252 g/mol. The summed E-state index contributed by atoms with van der Waals surface area (Å²) in [6, 6.07) is 7.51. The van der Waals surface area contributed by atoms with E-state index in [0.717, 1.165) is 11.1 Å². The second-order valence-electron chi connectivity index (χ2n) is 3.99. The third-order valence-corrected chi connectivity index (χ3v) is 2.55. The predicted octanol–water partition coefficient (Wildman–Crippen LogP) is 1.61. The fourth-order valence-corrected chi connectivity index (χ4v) is 1.50. The van der Waals surface area contributed by atoms with Gasteiger partial charge in [-0.2, -0.15) is 0 Å². The van der Waals surface area contributed by atoms with Crippen molar-refractivity contribution in [3.8, 4) is 0 Å². The quantitative estimate of drug-likeness (QED) is 0.827. The minimum atomic E-state index is -0.419. The average Bonchev–Trinajstić information content (AvgIpc) is 2.36. The molecule has 5 heteroatoms. The summed E-state index contributed by atoms with van der Waals surface area (Å²) in [5.74, 6) is -0.107. The van der Waals surface area contributed by atoms with Crippen molar-refractivity contribution in [2.24, 2.45) is 5.73 Å². The van der Waals surface area contributed by atoms with Crippen LogP contribution in [0.3, 0.4) is 0 Å². The molecule has 0 bridgehead atoms. The molecule has 0 fully saturated rings. The smallest absolute Gasteiger partial charge is 0.237 e. The molecule has 1 aromatic carbocycles. The maximum absolute atomic E-state index is 11.5. The van der Waals surface area contributed by atoms with Gasteiger partial charge in [0.2, 0.25) is 5.91 Å². The lowest BCUT2D eigenvalue weighted by Crippen LogP contribution is -2.39. The van der Waals surface area contributed by atoms with E-state index in [4.69, 9.17) is 10.5 Å². The number of nitrogens with one attached hydrogen (secondary N) is 1. The lowest BCUT2D eigenvalue weighted by molar-refractivity contribution is -0.122. The van der Waals surface area contributed by atoms with Gasteiger partial charge in [0, 0.05) is 13.7 Å². The van der Waals surface area contributed by atoms with E-state index in [1.165, 1.54) is 0 Å². The summed E-state index contributed by atoms with van der Waals surface area (Å²) in [7, 11) is 1.66. The summed E-state index contributed by atoms with van der Waals surface area (Å²) in [6.45, 7) is 2.98. The van der Waals surface area contributed by atoms with E-state index in [1.54, 1.807) is 7.11 Å². The van der Waals surface area contributed by atoms with Gasteiger partial charge in [-0.15, -0.1) is 12.4 Å². The lowest BCUT2D eigenvalue weighted by Gasteiger charge is -2.10. The Morgan fingerprint density at radius 3 is 2.72 bits per heavy atom. The van der Waals surface area contributed by atoms with E-state index >= 15 is 0 Å². The Kier molecular flexibility index (Phi) is 8.37. The van der Waals surface area contributed by atoms with Crippen molar-refractivity contribution in [3.05, 3.63) is 35.4 Å². The molecular formula is C13H21ClN2O2. The Labute approximate surface area is 114 Å². The first-order valence-electron chi connectivity index (χ1n) is 5.77. The minimum absolute atomic E-state index is 0. The number of carbonyl (C=O) groups excluding carboxylic acids is 1. The number of halogens is 1. The van der Waals surface area contributed by atoms with E-state index < -0.39 is 6.04 Å². The highest BCUT2D eigenvalue weighted by atomic mass is 35.5. The Morgan fingerprint density at radius 2 is 2.11 bits per heavy atom. The van der Waals surface area contributed by atoms with Crippen molar-refractivity contribution in [2.45, 2.75) is 32.5 Å². The number of ether oxygens (including phenoxy) is 1. The van der Waals surface area contributed by atoms with E-state index in [2.05, 4.69) is 5.32 Å². The van der Waals surface area contributed by atoms with Gasteiger partial charge in [-0.1, -0.05) is 31.2 Å². The van der Waals surface area contributed by atoms with Crippen LogP contribution in [0.1, 0.15) is 24.5 Å². The zero-order valence-electron chi connectivity index (χ0n) is 10.8. The van der Waals surface area contributed by atoms with E-state index in [9.17, 15) is 4.79 Å². The van der Waals surface area contributed by atoms with Crippen LogP contribution in [0.4, 0.5) is 0 Å². The maximum Gasteiger partial charge on any atom is 0.237 e. The number of nitrogens with two attached hydrogens (primary N) is 1. The first kappa shape index (κ1) is 16.9. The molecule has 0 radical (unpaired) electrons. The summed E-state index contributed by atoms with van der Waals surface area (Å²) >= 11 is 0. The summed E-state index contributed by atoms with van der Waals surface area (Å²) < 4.78 is 5.06. The topological polar surface area (TPSA) is 64.4 Å². The molecule has 1 aromatic rings. The highest BCUT2D eigenvalue weighted by Gasteiger charge is 2.09. The number of rotatable bonds is 6. The van der Waals surface area contributed by atoms with Gasteiger partial charge in [0.15, 0.2) is 0 Å². The van der Waals surface area contributed by atoms with Gasteiger partial charge in [-0.3, -0.25) is 4.79 Å². The van der Waals surface area contributed by atoms with Crippen LogP contribution in [-0.2, 0) is 22.7 Å². The van der Waals surface area contributed by atoms with Crippen LogP contribution in [0.15, 0.2) is 24.3 Å². The molecule has 1 rings (SSSR count). The fraction of sp³-hybridized carbons (Fsp3) is 0.462. The van der Waals surface area contributed by atoms with Crippen molar-refractivity contribution in [2.75, 3.05) is 7.11 Å². The largest absolute Gasteiger partial charge is 0.380 e. The molecule has 0 saturated heterocycles. The summed E-state index contributed by atoms with van der Waals surface area (Å²) in [4.78, 5) is 11.5. The Hall–Kier alpha value is -1.10. The molecule has 1 amide bonds. The molecule has 0 aliphatic carbocycles. The number of benzene rings is 1. The van der Waals surface area contributed by atoms with Crippen molar-refractivity contribution in [1.82, 2.24) is 5.32 Å². The molecule has 0 unspecified atom stereocenters. The molecule has 0 aliphatic heterocycles. The summed E-state index contributed by atoms with van der Waals surface area (Å²) in [6.07, 6.45) is 0.648. The van der Waals surface area contributed by atoms with Crippen LogP contribution < -0.4 is 11.1 Å². The van der Waals surface area contributed by atoms with Crippen LogP contribution in [0.25, 0.3) is 0 Å². The highest BCUT2D eigenvalue weighted by molar-refractivity contribution is 5.85. The van der Waals surface area contributed by atoms with Gasteiger partial charge in [0.25, 0.3) is 0 Å². The molecule has 1 atom stereocenters. The Balaban J connectivity index is 0.00000289. The molecule has 0 aliphatic rings. The molecule has 0 saturated carbocycles. The standard InChI is InChI=1S/C13H20N2O2.ClH/c1-3-12(14)13(16)15-8-10-5-4-6-11(7-10)9-17-2;/h4-7,12H,3,8-9,14H2,1-2H3,(H,15,16);1H/t12-;/m0./s1. The van der Waals surface area contributed by atoms with Crippen molar-refractivity contribution < 1.29 is 9.53 Å². The zero-order chi connectivity index (χ0) is 12.7. The molecule has 0 heterocycles. The predicted molar refractivity (Wildman–Crippen MR) is 74.5 cm³/mol. The van der Waals surface area contributed by atoms with E-state index in [0.29, 0.717) is 19.6 Å². The third-order valence-electron chi connectivity index (χ3n) is 2.55. The fourth-order valence-electron chi connectivity index (χ4n) is 1.50. The van der Waals surface area contributed by atoms with Gasteiger partial charge in [-0.25, -0.2) is 0 Å². The van der Waals surface area contributed by atoms with Crippen molar-refractivity contribution in [1.29, 1.82) is 0 Å². The number of hydrogen-bond acceptors (Lipinski definition) is 3. The van der Waals surface area contributed by atoms with Gasteiger partial charge in [-0.05, 0) is 17.5 Å². The molecule has 0 aromatic heterocycles.